The predicted octanol–water partition coefficient (Wildman–Crippen LogP) is 2.83. The second-order valence-electron chi connectivity index (χ2n) is 6.50. The molecule has 0 bridgehead atoms. The van der Waals surface area contributed by atoms with Gasteiger partial charge in [-0.1, -0.05) is 34.6 Å². The first kappa shape index (κ1) is 13.0. The van der Waals surface area contributed by atoms with E-state index >= 15 is 0 Å². The summed E-state index contributed by atoms with van der Waals surface area (Å²) in [7, 11) is 0. The summed E-state index contributed by atoms with van der Waals surface area (Å²) in [5, 5.41) is 3.66. The monoisotopic (exact) mass is 213 g/mol. The maximum Gasteiger partial charge on any atom is 0.0655 e. The van der Waals surface area contributed by atoms with Gasteiger partial charge in [-0.3, -0.25) is 0 Å². The second kappa shape index (κ2) is 4.42. The first-order chi connectivity index (χ1) is 6.77. The van der Waals surface area contributed by atoms with Crippen molar-refractivity contribution in [1.29, 1.82) is 0 Å². The number of nitrogens with one attached hydrogen (secondary N) is 1. The van der Waals surface area contributed by atoms with Crippen molar-refractivity contribution < 1.29 is 4.74 Å². The zero-order valence-corrected chi connectivity index (χ0v) is 11.2. The molecule has 0 aromatic carbocycles. The summed E-state index contributed by atoms with van der Waals surface area (Å²) >= 11 is 0. The Bertz CT molecular complexity index is 205. The zero-order valence-electron chi connectivity index (χ0n) is 11.2. The van der Waals surface area contributed by atoms with E-state index < -0.39 is 0 Å². The van der Waals surface area contributed by atoms with E-state index in [4.69, 9.17) is 4.74 Å². The van der Waals surface area contributed by atoms with Crippen LogP contribution in [-0.2, 0) is 4.74 Å². The Morgan fingerprint density at radius 1 is 1.33 bits per heavy atom. The van der Waals surface area contributed by atoms with Crippen molar-refractivity contribution in [1.82, 2.24) is 5.32 Å². The average molecular weight is 213 g/mol. The van der Waals surface area contributed by atoms with Gasteiger partial charge >= 0.3 is 0 Å². The lowest BCUT2D eigenvalue weighted by molar-refractivity contribution is -0.115. The third kappa shape index (κ3) is 3.18. The topological polar surface area (TPSA) is 21.3 Å². The van der Waals surface area contributed by atoms with Crippen LogP contribution in [0.2, 0.25) is 0 Å². The second-order valence-corrected chi connectivity index (χ2v) is 6.50. The quantitative estimate of drug-likeness (QED) is 0.775. The summed E-state index contributed by atoms with van der Waals surface area (Å²) < 4.78 is 5.72. The van der Waals surface area contributed by atoms with Crippen molar-refractivity contribution >= 4 is 0 Å². The Morgan fingerprint density at radius 3 is 2.33 bits per heavy atom. The van der Waals surface area contributed by atoms with Gasteiger partial charge in [0.1, 0.15) is 0 Å². The van der Waals surface area contributed by atoms with Gasteiger partial charge in [-0.05, 0) is 18.8 Å². The van der Waals surface area contributed by atoms with Crippen molar-refractivity contribution in [3.05, 3.63) is 0 Å². The van der Waals surface area contributed by atoms with Crippen LogP contribution in [0.5, 0.6) is 0 Å². The summed E-state index contributed by atoms with van der Waals surface area (Å²) in [6.45, 7) is 15.4. The molecule has 0 amide bonds. The SMILES string of the molecule is CCOC1CC(NCC(C)(C)C)C1(C)C. The smallest absolute Gasteiger partial charge is 0.0655 e. The largest absolute Gasteiger partial charge is 0.378 e. The first-order valence-corrected chi connectivity index (χ1v) is 6.12. The highest BCUT2D eigenvalue weighted by Gasteiger charge is 2.48. The minimum atomic E-state index is 0.293. The van der Waals surface area contributed by atoms with E-state index in [0.29, 0.717) is 23.0 Å². The fourth-order valence-corrected chi connectivity index (χ4v) is 2.15. The molecule has 1 fully saturated rings. The van der Waals surface area contributed by atoms with Gasteiger partial charge in [0.15, 0.2) is 0 Å². The maximum atomic E-state index is 5.72. The minimum absolute atomic E-state index is 0.293. The molecule has 0 radical (unpaired) electrons. The molecule has 2 heteroatoms. The molecule has 0 spiro atoms. The fourth-order valence-electron chi connectivity index (χ4n) is 2.15. The number of hydrogen-bond donors (Lipinski definition) is 1. The molecular formula is C13H27NO. The molecule has 2 nitrogen and oxygen atoms in total. The molecule has 2 atom stereocenters. The van der Waals surface area contributed by atoms with Crippen molar-refractivity contribution in [2.75, 3.05) is 13.2 Å². The predicted molar refractivity (Wildman–Crippen MR) is 65.1 cm³/mol. The molecule has 0 aliphatic heterocycles. The van der Waals surface area contributed by atoms with Crippen LogP contribution in [0.4, 0.5) is 0 Å². The molecule has 0 aromatic rings. The molecule has 1 aliphatic carbocycles. The highest BCUT2D eigenvalue weighted by molar-refractivity contribution is 5.03. The van der Waals surface area contributed by atoms with E-state index in [-0.39, 0.29) is 0 Å². The van der Waals surface area contributed by atoms with Gasteiger partial charge in [-0.15, -0.1) is 0 Å². The summed E-state index contributed by atoms with van der Waals surface area (Å²) in [4.78, 5) is 0. The number of rotatable bonds is 4. The summed E-state index contributed by atoms with van der Waals surface area (Å²) in [6, 6.07) is 0.619. The van der Waals surface area contributed by atoms with Crippen LogP contribution in [0.15, 0.2) is 0 Å². The van der Waals surface area contributed by atoms with Crippen LogP contribution in [0.3, 0.4) is 0 Å². The lowest BCUT2D eigenvalue weighted by Gasteiger charge is -2.52. The Balaban J connectivity index is 2.35. The highest BCUT2D eigenvalue weighted by atomic mass is 16.5. The Hall–Kier alpha value is -0.0800. The van der Waals surface area contributed by atoms with Crippen LogP contribution in [-0.4, -0.2) is 25.3 Å². The van der Waals surface area contributed by atoms with Gasteiger partial charge in [0.05, 0.1) is 6.10 Å². The zero-order chi connectivity index (χ0) is 11.7. The van der Waals surface area contributed by atoms with E-state index in [1.165, 1.54) is 0 Å². The Labute approximate surface area is 94.8 Å². The number of ether oxygens (including phenoxy) is 1. The van der Waals surface area contributed by atoms with Gasteiger partial charge in [0.2, 0.25) is 0 Å². The van der Waals surface area contributed by atoms with E-state index in [1.54, 1.807) is 0 Å². The molecule has 0 heterocycles. The molecule has 2 unspecified atom stereocenters. The van der Waals surface area contributed by atoms with Gasteiger partial charge in [-0.2, -0.15) is 0 Å². The minimum Gasteiger partial charge on any atom is -0.378 e. The van der Waals surface area contributed by atoms with E-state index in [1.807, 2.05) is 0 Å². The molecule has 1 N–H and O–H groups in total. The molecule has 90 valence electrons. The van der Waals surface area contributed by atoms with Gasteiger partial charge in [0.25, 0.3) is 0 Å². The lowest BCUT2D eigenvalue weighted by atomic mass is 9.64. The fraction of sp³-hybridized carbons (Fsp3) is 1.00. The van der Waals surface area contributed by atoms with Crippen LogP contribution in [0.25, 0.3) is 0 Å². The normalized spacial score (nSPS) is 30.0. The van der Waals surface area contributed by atoms with Crippen molar-refractivity contribution in [3.8, 4) is 0 Å². The molecule has 15 heavy (non-hydrogen) atoms. The molecular weight excluding hydrogens is 186 g/mol. The van der Waals surface area contributed by atoms with E-state index in [0.717, 1.165) is 19.6 Å². The van der Waals surface area contributed by atoms with Crippen LogP contribution in [0, 0.1) is 10.8 Å². The van der Waals surface area contributed by atoms with Gasteiger partial charge < -0.3 is 10.1 Å². The first-order valence-electron chi connectivity index (χ1n) is 6.12. The van der Waals surface area contributed by atoms with Crippen molar-refractivity contribution in [2.45, 2.75) is 60.1 Å². The third-order valence-corrected chi connectivity index (χ3v) is 3.42. The van der Waals surface area contributed by atoms with Crippen molar-refractivity contribution in [3.63, 3.8) is 0 Å². The molecule has 0 saturated heterocycles. The molecule has 1 aliphatic rings. The summed E-state index contributed by atoms with van der Waals surface area (Å²) in [6.07, 6.45) is 1.61. The standard InChI is InChI=1S/C13H27NO/c1-7-15-11-8-10(13(11,5)6)14-9-12(2,3)4/h10-11,14H,7-9H2,1-6H3. The maximum absolute atomic E-state index is 5.72. The van der Waals surface area contributed by atoms with Crippen LogP contribution >= 0.6 is 0 Å². The molecule has 1 saturated carbocycles. The van der Waals surface area contributed by atoms with Gasteiger partial charge in [0, 0.05) is 24.6 Å². The average Bonchev–Trinajstić information content (AvgIpc) is 2.08. The van der Waals surface area contributed by atoms with E-state index in [2.05, 4.69) is 46.9 Å². The summed E-state index contributed by atoms with van der Waals surface area (Å²) in [5.74, 6) is 0. The van der Waals surface area contributed by atoms with Crippen LogP contribution < -0.4 is 5.32 Å². The van der Waals surface area contributed by atoms with E-state index in [9.17, 15) is 0 Å². The summed E-state index contributed by atoms with van der Waals surface area (Å²) in [5.41, 5.74) is 0.661. The number of hydrogen-bond acceptors (Lipinski definition) is 2. The van der Waals surface area contributed by atoms with Crippen molar-refractivity contribution in [2.24, 2.45) is 10.8 Å². The Kier molecular flexibility index (Phi) is 3.83. The Morgan fingerprint density at radius 2 is 1.93 bits per heavy atom. The van der Waals surface area contributed by atoms with Gasteiger partial charge in [-0.25, -0.2) is 0 Å². The molecule has 1 rings (SSSR count). The highest BCUT2D eigenvalue weighted by Crippen LogP contribution is 2.42. The van der Waals surface area contributed by atoms with Crippen LogP contribution in [0.1, 0.15) is 48.0 Å². The lowest BCUT2D eigenvalue weighted by Crippen LogP contribution is -2.61. The molecule has 0 aromatic heterocycles. The third-order valence-electron chi connectivity index (χ3n) is 3.42.